The van der Waals surface area contributed by atoms with Crippen LogP contribution in [0, 0.1) is 10.7 Å². The standard InChI is InChI=1S/C11H18O3.C8H10N2O3S.CH4/c1-3-5-10(13)7-9(8-12)11(14)6-4-2;1-2-13-6(11)3-5-4-9-8(14)10-7(5)12;/h8-9H,3-7H2,1-2H3;4H,2-3H2,1H3,(H2,9,10,12,14);1H4. The fourth-order valence-corrected chi connectivity index (χ4v) is 2.38. The second kappa shape index (κ2) is 16.5. The summed E-state index contributed by atoms with van der Waals surface area (Å²) in [6.45, 7) is 5.80. The van der Waals surface area contributed by atoms with Crippen LogP contribution in [0.1, 0.15) is 65.9 Å². The quantitative estimate of drug-likeness (QED) is 0.240. The van der Waals surface area contributed by atoms with Crippen LogP contribution in [0.3, 0.4) is 0 Å². The summed E-state index contributed by atoms with van der Waals surface area (Å²) in [4.78, 5) is 60.4. The summed E-state index contributed by atoms with van der Waals surface area (Å²) < 4.78 is 4.94. The third kappa shape index (κ3) is 12.6. The molecule has 0 aliphatic rings. The number of rotatable bonds is 11. The molecule has 8 nitrogen and oxygen atoms in total. The second-order valence-electron chi connectivity index (χ2n) is 6.03. The zero-order valence-corrected chi connectivity index (χ0v) is 17.4. The van der Waals surface area contributed by atoms with Crippen LogP contribution >= 0.6 is 12.2 Å². The lowest BCUT2D eigenvalue weighted by molar-refractivity contribution is -0.142. The number of esters is 1. The number of ether oxygens (including phenoxy) is 1. The summed E-state index contributed by atoms with van der Waals surface area (Å²) >= 11 is 4.70. The van der Waals surface area contributed by atoms with Crippen molar-refractivity contribution in [1.82, 2.24) is 9.97 Å². The molecule has 1 rings (SSSR count). The van der Waals surface area contributed by atoms with E-state index in [0.717, 1.165) is 12.8 Å². The highest BCUT2D eigenvalue weighted by molar-refractivity contribution is 7.71. The Balaban J connectivity index is 0. The van der Waals surface area contributed by atoms with Crippen molar-refractivity contribution in [2.45, 2.75) is 66.7 Å². The summed E-state index contributed by atoms with van der Waals surface area (Å²) in [6, 6.07) is 0. The minimum atomic E-state index is -0.700. The van der Waals surface area contributed by atoms with Crippen LogP contribution in [-0.2, 0) is 30.3 Å². The molecule has 1 aromatic heterocycles. The summed E-state index contributed by atoms with van der Waals surface area (Å²) in [5.74, 6) is -1.22. The molecule has 0 saturated heterocycles. The third-order valence-electron chi connectivity index (χ3n) is 3.59. The molecule has 0 aliphatic carbocycles. The van der Waals surface area contributed by atoms with E-state index >= 15 is 0 Å². The molecule has 1 heterocycles. The van der Waals surface area contributed by atoms with E-state index in [1.54, 1.807) is 6.92 Å². The molecule has 164 valence electrons. The Hall–Kier alpha value is -2.42. The molecule has 29 heavy (non-hydrogen) atoms. The number of aromatic amines is 2. The van der Waals surface area contributed by atoms with E-state index in [9.17, 15) is 24.0 Å². The van der Waals surface area contributed by atoms with Crippen LogP contribution in [-0.4, -0.2) is 40.4 Å². The second-order valence-corrected chi connectivity index (χ2v) is 6.44. The van der Waals surface area contributed by atoms with Gasteiger partial charge in [-0.1, -0.05) is 21.3 Å². The van der Waals surface area contributed by atoms with Gasteiger partial charge in [0.2, 0.25) is 0 Å². The van der Waals surface area contributed by atoms with Crippen LogP contribution in [0.25, 0.3) is 0 Å². The zero-order valence-electron chi connectivity index (χ0n) is 16.5. The highest BCUT2D eigenvalue weighted by atomic mass is 32.1. The van der Waals surface area contributed by atoms with Crippen molar-refractivity contribution in [3.63, 3.8) is 0 Å². The van der Waals surface area contributed by atoms with Gasteiger partial charge in [0, 0.05) is 31.0 Å². The summed E-state index contributed by atoms with van der Waals surface area (Å²) in [6.07, 6.45) is 4.42. The first-order valence-electron chi connectivity index (χ1n) is 9.25. The molecule has 0 fully saturated rings. The summed E-state index contributed by atoms with van der Waals surface area (Å²) in [7, 11) is 0. The number of Topliss-reactive ketones (excluding diaryl/α,β-unsaturated/α-hetero) is 2. The van der Waals surface area contributed by atoms with Gasteiger partial charge in [-0.2, -0.15) is 0 Å². The highest BCUT2D eigenvalue weighted by Crippen LogP contribution is 2.09. The summed E-state index contributed by atoms with van der Waals surface area (Å²) in [5.41, 5.74) is -0.0427. The molecular weight excluding hydrogens is 396 g/mol. The van der Waals surface area contributed by atoms with Gasteiger partial charge in [0.1, 0.15) is 17.9 Å². The SMILES string of the molecule is C.CCCC(=O)CC(C=O)C(=O)CCC.CCOC(=O)Cc1c[nH]c(=S)[nH]c1=O. The van der Waals surface area contributed by atoms with E-state index in [1.807, 2.05) is 13.8 Å². The molecule has 0 spiro atoms. The van der Waals surface area contributed by atoms with Crippen LogP contribution < -0.4 is 5.56 Å². The number of hydrogen-bond acceptors (Lipinski definition) is 7. The Bertz CT molecular complexity index is 769. The lowest BCUT2D eigenvalue weighted by atomic mass is 9.95. The molecule has 0 radical (unpaired) electrons. The number of aromatic nitrogens is 2. The Kier molecular flexibility index (Phi) is 16.4. The van der Waals surface area contributed by atoms with Crippen LogP contribution in [0.15, 0.2) is 11.0 Å². The van der Waals surface area contributed by atoms with Gasteiger partial charge in [0.15, 0.2) is 4.77 Å². The maximum absolute atomic E-state index is 11.3. The van der Waals surface area contributed by atoms with Gasteiger partial charge in [0.05, 0.1) is 18.9 Å². The first-order chi connectivity index (χ1) is 13.3. The number of ketones is 2. The van der Waals surface area contributed by atoms with Gasteiger partial charge in [-0.25, -0.2) is 0 Å². The molecule has 0 bridgehead atoms. The molecular formula is C20H32N2O6S. The lowest BCUT2D eigenvalue weighted by Crippen LogP contribution is -2.19. The minimum Gasteiger partial charge on any atom is -0.466 e. The summed E-state index contributed by atoms with van der Waals surface area (Å²) in [5, 5.41) is 0. The Morgan fingerprint density at radius 3 is 2.28 bits per heavy atom. The first-order valence-corrected chi connectivity index (χ1v) is 9.65. The minimum absolute atomic E-state index is 0. The Morgan fingerprint density at radius 1 is 1.17 bits per heavy atom. The van der Waals surface area contributed by atoms with Crippen molar-refractivity contribution in [1.29, 1.82) is 0 Å². The van der Waals surface area contributed by atoms with Gasteiger partial charge in [0.25, 0.3) is 5.56 Å². The first kappa shape index (κ1) is 28.8. The number of carbonyl (C=O) groups is 4. The lowest BCUT2D eigenvalue weighted by Gasteiger charge is -2.06. The van der Waals surface area contributed by atoms with Crippen LogP contribution in [0.2, 0.25) is 0 Å². The van der Waals surface area contributed by atoms with E-state index < -0.39 is 11.9 Å². The molecule has 0 amide bonds. The Morgan fingerprint density at radius 2 is 1.79 bits per heavy atom. The Labute approximate surface area is 176 Å². The fourth-order valence-electron chi connectivity index (χ4n) is 2.23. The van der Waals surface area contributed by atoms with E-state index in [0.29, 0.717) is 31.3 Å². The number of aldehydes is 1. The molecule has 0 aliphatic heterocycles. The topological polar surface area (TPSA) is 126 Å². The number of hydrogen-bond donors (Lipinski definition) is 2. The van der Waals surface area contributed by atoms with Crippen molar-refractivity contribution in [3.8, 4) is 0 Å². The van der Waals surface area contributed by atoms with Gasteiger partial charge in [-0.05, 0) is 32.0 Å². The van der Waals surface area contributed by atoms with Crippen molar-refractivity contribution in [3.05, 3.63) is 26.9 Å². The molecule has 9 heteroatoms. The monoisotopic (exact) mass is 428 g/mol. The molecule has 2 N–H and O–H groups in total. The molecule has 1 aromatic rings. The number of nitrogens with one attached hydrogen (secondary N) is 2. The van der Waals surface area contributed by atoms with Crippen LogP contribution in [0.4, 0.5) is 0 Å². The van der Waals surface area contributed by atoms with Gasteiger partial charge < -0.3 is 14.5 Å². The number of H-pyrrole nitrogens is 2. The van der Waals surface area contributed by atoms with Crippen molar-refractivity contribution in [2.24, 2.45) is 5.92 Å². The maximum Gasteiger partial charge on any atom is 0.310 e. The van der Waals surface area contributed by atoms with Crippen LogP contribution in [0.5, 0.6) is 0 Å². The average molecular weight is 429 g/mol. The third-order valence-corrected chi connectivity index (χ3v) is 3.81. The molecule has 0 aromatic carbocycles. The van der Waals surface area contributed by atoms with E-state index in [2.05, 4.69) is 9.97 Å². The normalized spacial score (nSPS) is 10.6. The zero-order chi connectivity index (χ0) is 21.5. The molecule has 0 saturated carbocycles. The predicted molar refractivity (Wildman–Crippen MR) is 113 cm³/mol. The fraction of sp³-hybridized carbons (Fsp3) is 0.600. The average Bonchev–Trinajstić information content (AvgIpc) is 2.63. The molecule has 1 unspecified atom stereocenters. The smallest absolute Gasteiger partial charge is 0.310 e. The van der Waals surface area contributed by atoms with Crippen molar-refractivity contribution in [2.75, 3.05) is 6.61 Å². The predicted octanol–water partition coefficient (Wildman–Crippen LogP) is 3.10. The maximum atomic E-state index is 11.3. The van der Waals surface area contributed by atoms with Crippen molar-refractivity contribution >= 4 is 36.0 Å². The van der Waals surface area contributed by atoms with E-state index in [4.69, 9.17) is 17.0 Å². The van der Waals surface area contributed by atoms with E-state index in [-0.39, 0.29) is 42.2 Å². The molecule has 1 atom stereocenters. The largest absolute Gasteiger partial charge is 0.466 e. The van der Waals surface area contributed by atoms with Gasteiger partial charge in [-0.3, -0.25) is 24.2 Å². The van der Waals surface area contributed by atoms with Gasteiger partial charge >= 0.3 is 5.97 Å². The van der Waals surface area contributed by atoms with E-state index in [1.165, 1.54) is 6.20 Å². The number of carbonyl (C=O) groups excluding carboxylic acids is 4. The highest BCUT2D eigenvalue weighted by Gasteiger charge is 2.19. The van der Waals surface area contributed by atoms with Gasteiger partial charge in [-0.15, -0.1) is 0 Å². The van der Waals surface area contributed by atoms with Crippen molar-refractivity contribution < 1.29 is 23.9 Å².